The number of nitrogens with one attached hydrogen (secondary N) is 1. The molecule has 1 unspecified atom stereocenters. The third-order valence-electron chi connectivity index (χ3n) is 5.54. The molecule has 2 amide bonds. The number of aryl methyl sites for hydroxylation is 1. The standard InChI is InChI=1S/C26H32N2O5/c1-2-3-17-32-23-14-8-7-13-21(23)26(31)28-16-15-27-25(30)22(28)19-24(29)33-18-9-12-20-10-5-4-6-11-20/h4-8,10-11,13-14,22H,2-3,9,12,15-19H2,1H3,(H,27,30). The Morgan fingerprint density at radius 1 is 1.03 bits per heavy atom. The second-order valence-corrected chi connectivity index (χ2v) is 8.02. The maximum Gasteiger partial charge on any atom is 0.308 e. The van der Waals surface area contributed by atoms with Gasteiger partial charge < -0.3 is 19.7 Å². The van der Waals surface area contributed by atoms with Gasteiger partial charge in [-0.3, -0.25) is 14.4 Å². The number of nitrogens with zero attached hydrogens (tertiary/aromatic N) is 1. The molecule has 1 atom stereocenters. The number of para-hydroxylation sites is 1. The molecule has 1 saturated heterocycles. The molecule has 0 saturated carbocycles. The molecule has 0 aliphatic carbocycles. The Hall–Kier alpha value is -3.35. The molecule has 3 rings (SSSR count). The fourth-order valence-electron chi connectivity index (χ4n) is 3.73. The number of amides is 2. The first-order valence-electron chi connectivity index (χ1n) is 11.6. The number of benzene rings is 2. The molecule has 1 aliphatic rings. The van der Waals surface area contributed by atoms with Gasteiger partial charge in [0.25, 0.3) is 5.91 Å². The van der Waals surface area contributed by atoms with Crippen molar-refractivity contribution < 1.29 is 23.9 Å². The van der Waals surface area contributed by atoms with Gasteiger partial charge in [-0.1, -0.05) is 55.8 Å². The zero-order chi connectivity index (χ0) is 23.5. The zero-order valence-electron chi connectivity index (χ0n) is 19.1. The summed E-state index contributed by atoms with van der Waals surface area (Å²) in [5, 5.41) is 2.75. The van der Waals surface area contributed by atoms with Crippen LogP contribution in [0.5, 0.6) is 5.75 Å². The summed E-state index contributed by atoms with van der Waals surface area (Å²) in [7, 11) is 0. The molecule has 33 heavy (non-hydrogen) atoms. The van der Waals surface area contributed by atoms with Crippen LogP contribution < -0.4 is 10.1 Å². The van der Waals surface area contributed by atoms with E-state index in [4.69, 9.17) is 9.47 Å². The molecular weight excluding hydrogens is 420 g/mol. The molecule has 1 heterocycles. The minimum atomic E-state index is -0.906. The Morgan fingerprint density at radius 3 is 2.58 bits per heavy atom. The van der Waals surface area contributed by atoms with Crippen LogP contribution >= 0.6 is 0 Å². The van der Waals surface area contributed by atoms with Crippen molar-refractivity contribution in [1.29, 1.82) is 0 Å². The molecule has 2 aromatic carbocycles. The predicted molar refractivity (Wildman–Crippen MR) is 125 cm³/mol. The zero-order valence-corrected chi connectivity index (χ0v) is 19.1. The van der Waals surface area contributed by atoms with Gasteiger partial charge >= 0.3 is 5.97 Å². The smallest absolute Gasteiger partial charge is 0.308 e. The average Bonchev–Trinajstić information content (AvgIpc) is 2.84. The first kappa shape index (κ1) is 24.3. The van der Waals surface area contributed by atoms with Crippen LogP contribution in [0.4, 0.5) is 0 Å². The molecule has 0 bridgehead atoms. The van der Waals surface area contributed by atoms with Gasteiger partial charge in [0.15, 0.2) is 0 Å². The van der Waals surface area contributed by atoms with Crippen molar-refractivity contribution >= 4 is 17.8 Å². The number of carbonyl (C=O) groups excluding carboxylic acids is 3. The van der Waals surface area contributed by atoms with Crippen LogP contribution in [-0.2, 0) is 20.7 Å². The first-order chi connectivity index (χ1) is 16.1. The van der Waals surface area contributed by atoms with Crippen LogP contribution in [0.2, 0.25) is 0 Å². The second kappa shape index (κ2) is 12.6. The first-order valence-corrected chi connectivity index (χ1v) is 11.6. The van der Waals surface area contributed by atoms with E-state index < -0.39 is 12.0 Å². The fraction of sp³-hybridized carbons (Fsp3) is 0.423. The third-order valence-corrected chi connectivity index (χ3v) is 5.54. The van der Waals surface area contributed by atoms with Crippen LogP contribution in [0, 0.1) is 0 Å². The number of esters is 1. The highest BCUT2D eigenvalue weighted by molar-refractivity contribution is 6.01. The SMILES string of the molecule is CCCCOc1ccccc1C(=O)N1CCNC(=O)C1CC(=O)OCCCc1ccccc1. The van der Waals surface area contributed by atoms with Gasteiger partial charge in [-0.15, -0.1) is 0 Å². The van der Waals surface area contributed by atoms with Crippen LogP contribution in [0.1, 0.15) is 48.5 Å². The highest BCUT2D eigenvalue weighted by Crippen LogP contribution is 2.23. The molecule has 1 N–H and O–H groups in total. The third kappa shape index (κ3) is 7.07. The van der Waals surface area contributed by atoms with Gasteiger partial charge in [0, 0.05) is 13.1 Å². The number of rotatable bonds is 11. The number of unbranched alkanes of at least 4 members (excludes halogenated alkanes) is 1. The molecule has 0 radical (unpaired) electrons. The van der Waals surface area contributed by atoms with Crippen LogP contribution in [-0.4, -0.2) is 55.0 Å². The lowest BCUT2D eigenvalue weighted by Crippen LogP contribution is -2.57. The number of carbonyl (C=O) groups is 3. The molecule has 2 aromatic rings. The van der Waals surface area contributed by atoms with E-state index in [2.05, 4.69) is 12.2 Å². The summed E-state index contributed by atoms with van der Waals surface area (Å²) in [5.41, 5.74) is 1.57. The summed E-state index contributed by atoms with van der Waals surface area (Å²) in [6.07, 6.45) is 3.18. The Bertz CT molecular complexity index is 931. The Balaban J connectivity index is 1.59. The van der Waals surface area contributed by atoms with Crippen LogP contribution in [0.25, 0.3) is 0 Å². The van der Waals surface area contributed by atoms with Gasteiger partial charge in [-0.2, -0.15) is 0 Å². The van der Waals surface area contributed by atoms with E-state index in [-0.39, 0.29) is 24.8 Å². The number of hydrogen-bond acceptors (Lipinski definition) is 5. The maximum atomic E-state index is 13.3. The van der Waals surface area contributed by atoms with E-state index in [0.717, 1.165) is 19.3 Å². The van der Waals surface area contributed by atoms with Crippen molar-refractivity contribution in [3.05, 3.63) is 65.7 Å². The van der Waals surface area contributed by atoms with Crippen molar-refractivity contribution in [2.45, 2.75) is 45.1 Å². The summed E-state index contributed by atoms with van der Waals surface area (Å²) in [6, 6.07) is 16.1. The van der Waals surface area contributed by atoms with Crippen molar-refractivity contribution in [2.24, 2.45) is 0 Å². The van der Waals surface area contributed by atoms with E-state index in [1.54, 1.807) is 18.2 Å². The van der Waals surface area contributed by atoms with Crippen molar-refractivity contribution in [1.82, 2.24) is 10.2 Å². The van der Waals surface area contributed by atoms with Gasteiger partial charge in [-0.25, -0.2) is 0 Å². The lowest BCUT2D eigenvalue weighted by molar-refractivity contribution is -0.147. The lowest BCUT2D eigenvalue weighted by Gasteiger charge is -2.34. The van der Waals surface area contributed by atoms with Crippen molar-refractivity contribution in [2.75, 3.05) is 26.3 Å². The molecule has 7 nitrogen and oxygen atoms in total. The Kier molecular flexibility index (Phi) is 9.30. The van der Waals surface area contributed by atoms with E-state index in [1.807, 2.05) is 36.4 Å². The highest BCUT2D eigenvalue weighted by Gasteiger charge is 2.36. The van der Waals surface area contributed by atoms with Gasteiger partial charge in [0.1, 0.15) is 11.8 Å². The minimum absolute atomic E-state index is 0.179. The summed E-state index contributed by atoms with van der Waals surface area (Å²) in [4.78, 5) is 39.8. The number of piperazine rings is 1. The normalized spacial score (nSPS) is 15.6. The van der Waals surface area contributed by atoms with Crippen molar-refractivity contribution in [3.8, 4) is 5.75 Å². The lowest BCUT2D eigenvalue weighted by atomic mass is 10.1. The predicted octanol–water partition coefficient (Wildman–Crippen LogP) is 3.37. The number of hydrogen-bond donors (Lipinski definition) is 1. The Labute approximate surface area is 195 Å². The van der Waals surface area contributed by atoms with Crippen LogP contribution in [0.3, 0.4) is 0 Å². The van der Waals surface area contributed by atoms with E-state index in [1.165, 1.54) is 10.5 Å². The number of ether oxygens (including phenoxy) is 2. The molecule has 1 aliphatic heterocycles. The fourth-order valence-corrected chi connectivity index (χ4v) is 3.73. The largest absolute Gasteiger partial charge is 0.493 e. The topological polar surface area (TPSA) is 84.9 Å². The van der Waals surface area contributed by atoms with Crippen LogP contribution in [0.15, 0.2) is 54.6 Å². The van der Waals surface area contributed by atoms with Gasteiger partial charge in [0.05, 0.1) is 25.2 Å². The van der Waals surface area contributed by atoms with Crippen molar-refractivity contribution in [3.63, 3.8) is 0 Å². The molecule has 0 aromatic heterocycles. The average molecular weight is 453 g/mol. The Morgan fingerprint density at radius 2 is 1.79 bits per heavy atom. The van der Waals surface area contributed by atoms with Gasteiger partial charge in [-0.05, 0) is 37.0 Å². The molecular formula is C26H32N2O5. The maximum absolute atomic E-state index is 13.3. The second-order valence-electron chi connectivity index (χ2n) is 8.02. The highest BCUT2D eigenvalue weighted by atomic mass is 16.5. The summed E-state index contributed by atoms with van der Waals surface area (Å²) >= 11 is 0. The van der Waals surface area contributed by atoms with E-state index in [9.17, 15) is 14.4 Å². The summed E-state index contributed by atoms with van der Waals surface area (Å²) in [5.74, 6) is -0.668. The summed E-state index contributed by atoms with van der Waals surface area (Å²) < 4.78 is 11.2. The molecule has 0 spiro atoms. The molecule has 7 heteroatoms. The molecule has 176 valence electrons. The van der Waals surface area contributed by atoms with E-state index in [0.29, 0.717) is 37.4 Å². The quantitative estimate of drug-likeness (QED) is 0.417. The minimum Gasteiger partial charge on any atom is -0.493 e. The molecule has 1 fully saturated rings. The van der Waals surface area contributed by atoms with E-state index >= 15 is 0 Å². The summed E-state index contributed by atoms with van der Waals surface area (Å²) in [6.45, 7) is 3.51. The van der Waals surface area contributed by atoms with Gasteiger partial charge in [0.2, 0.25) is 5.91 Å². The monoisotopic (exact) mass is 452 g/mol.